The molecule has 1 rings (SSSR count). The Bertz CT molecular complexity index is 285. The quantitative estimate of drug-likeness (QED) is 0.681. The predicted octanol–water partition coefficient (Wildman–Crippen LogP) is 4.96. The summed E-state index contributed by atoms with van der Waals surface area (Å²) < 4.78 is 1.13. The van der Waals surface area contributed by atoms with Crippen molar-refractivity contribution in [2.45, 2.75) is 38.0 Å². The van der Waals surface area contributed by atoms with Gasteiger partial charge >= 0.3 is 0 Å². The van der Waals surface area contributed by atoms with Crippen molar-refractivity contribution in [1.29, 1.82) is 0 Å². The number of rotatable bonds is 4. The fourth-order valence-corrected chi connectivity index (χ4v) is 2.46. The molecule has 2 atom stereocenters. The third kappa shape index (κ3) is 2.99. The largest absolute Gasteiger partial charge is 0.122 e. The highest BCUT2D eigenvalue weighted by Gasteiger charge is 2.17. The van der Waals surface area contributed by atoms with Gasteiger partial charge in [0.1, 0.15) is 0 Å². The number of alkyl halides is 1. The Morgan fingerprint density at radius 3 is 2.50 bits per heavy atom. The molecule has 0 radical (unpaired) electrons. The van der Waals surface area contributed by atoms with Gasteiger partial charge in [-0.25, -0.2) is 0 Å². The predicted molar refractivity (Wildman–Crippen MR) is 67.1 cm³/mol. The molecule has 0 heterocycles. The molecule has 0 nitrogen and oxygen atoms in total. The Balaban J connectivity index is 2.89. The second-order valence-corrected chi connectivity index (χ2v) is 4.97. The van der Waals surface area contributed by atoms with Crippen LogP contribution in [0.1, 0.15) is 38.2 Å². The molecule has 2 heteroatoms. The van der Waals surface area contributed by atoms with Crippen LogP contribution in [-0.4, -0.2) is 5.38 Å². The summed E-state index contributed by atoms with van der Waals surface area (Å²) in [5.41, 5.74) is 1.34. The normalized spacial score (nSPS) is 15.1. The average molecular weight is 276 g/mol. The van der Waals surface area contributed by atoms with Crippen LogP contribution in [0, 0.1) is 0 Å². The maximum atomic E-state index is 6.30. The molecule has 0 bridgehead atoms. The van der Waals surface area contributed by atoms with Crippen molar-refractivity contribution in [1.82, 2.24) is 0 Å². The monoisotopic (exact) mass is 274 g/mol. The standard InChI is InChI=1S/C12H16BrCl/c1-3-11(12(14)4-2)9-6-5-7-10(13)8-9/h5-8,11-12H,3-4H2,1-2H3. The van der Waals surface area contributed by atoms with Crippen molar-refractivity contribution in [2.24, 2.45) is 0 Å². The van der Waals surface area contributed by atoms with Crippen molar-refractivity contribution in [2.75, 3.05) is 0 Å². The number of benzene rings is 1. The van der Waals surface area contributed by atoms with E-state index in [4.69, 9.17) is 11.6 Å². The lowest BCUT2D eigenvalue weighted by atomic mass is 9.92. The molecule has 0 aliphatic heterocycles. The van der Waals surface area contributed by atoms with Crippen LogP contribution in [-0.2, 0) is 0 Å². The molecule has 78 valence electrons. The van der Waals surface area contributed by atoms with E-state index < -0.39 is 0 Å². The van der Waals surface area contributed by atoms with E-state index in [-0.39, 0.29) is 5.38 Å². The maximum absolute atomic E-state index is 6.30. The van der Waals surface area contributed by atoms with Gasteiger partial charge in [0.25, 0.3) is 0 Å². The molecule has 0 saturated carbocycles. The van der Waals surface area contributed by atoms with Gasteiger partial charge < -0.3 is 0 Å². The van der Waals surface area contributed by atoms with Crippen LogP contribution >= 0.6 is 27.5 Å². The first-order valence-corrected chi connectivity index (χ1v) is 6.31. The minimum absolute atomic E-state index is 0.245. The van der Waals surface area contributed by atoms with E-state index in [1.807, 2.05) is 6.07 Å². The third-order valence-corrected chi connectivity index (χ3v) is 3.65. The van der Waals surface area contributed by atoms with Crippen molar-refractivity contribution in [3.05, 3.63) is 34.3 Å². The molecule has 0 N–H and O–H groups in total. The highest BCUT2D eigenvalue weighted by molar-refractivity contribution is 9.10. The summed E-state index contributed by atoms with van der Waals surface area (Å²) >= 11 is 9.79. The minimum atomic E-state index is 0.245. The zero-order chi connectivity index (χ0) is 10.6. The molecule has 0 aromatic heterocycles. The first kappa shape index (κ1) is 12.1. The SMILES string of the molecule is CCC(Cl)C(CC)c1cccc(Br)c1. The van der Waals surface area contributed by atoms with Crippen molar-refractivity contribution < 1.29 is 0 Å². The topological polar surface area (TPSA) is 0 Å². The van der Waals surface area contributed by atoms with Crippen LogP contribution < -0.4 is 0 Å². The van der Waals surface area contributed by atoms with E-state index in [9.17, 15) is 0 Å². The molecule has 0 saturated heterocycles. The van der Waals surface area contributed by atoms with Crippen LogP contribution in [0.4, 0.5) is 0 Å². The fraction of sp³-hybridized carbons (Fsp3) is 0.500. The van der Waals surface area contributed by atoms with Gasteiger partial charge in [-0.2, -0.15) is 0 Å². The Morgan fingerprint density at radius 1 is 1.29 bits per heavy atom. The first-order valence-electron chi connectivity index (χ1n) is 5.08. The van der Waals surface area contributed by atoms with E-state index in [0.29, 0.717) is 5.92 Å². The Labute approximate surface area is 99.8 Å². The van der Waals surface area contributed by atoms with Gasteiger partial charge in [0.05, 0.1) is 0 Å². The van der Waals surface area contributed by atoms with Gasteiger partial charge in [-0.05, 0) is 30.5 Å². The molecule has 0 spiro atoms. The second-order valence-electron chi connectivity index (χ2n) is 3.49. The molecular formula is C12H16BrCl. The summed E-state index contributed by atoms with van der Waals surface area (Å²) in [6.07, 6.45) is 2.12. The van der Waals surface area contributed by atoms with Crippen LogP contribution in [0.15, 0.2) is 28.7 Å². The van der Waals surface area contributed by atoms with Gasteiger partial charge in [0.2, 0.25) is 0 Å². The highest BCUT2D eigenvalue weighted by Crippen LogP contribution is 2.30. The van der Waals surface area contributed by atoms with Crippen molar-refractivity contribution >= 4 is 27.5 Å². The van der Waals surface area contributed by atoms with Gasteiger partial charge in [-0.1, -0.05) is 41.9 Å². The molecule has 0 aliphatic rings. The third-order valence-electron chi connectivity index (χ3n) is 2.54. The Morgan fingerprint density at radius 2 is 2.00 bits per heavy atom. The molecule has 0 amide bonds. The molecule has 1 aromatic carbocycles. The molecular weight excluding hydrogens is 259 g/mol. The maximum Gasteiger partial charge on any atom is 0.0401 e. The first-order chi connectivity index (χ1) is 6.69. The summed E-state index contributed by atoms with van der Waals surface area (Å²) in [7, 11) is 0. The van der Waals surface area contributed by atoms with Gasteiger partial charge in [-0.15, -0.1) is 11.6 Å². The number of halogens is 2. The summed E-state index contributed by atoms with van der Waals surface area (Å²) in [6, 6.07) is 8.44. The van der Waals surface area contributed by atoms with E-state index in [1.165, 1.54) is 5.56 Å². The lowest BCUT2D eigenvalue weighted by Gasteiger charge is -2.20. The zero-order valence-corrected chi connectivity index (χ0v) is 11.0. The summed E-state index contributed by atoms with van der Waals surface area (Å²) in [5.74, 6) is 0.471. The van der Waals surface area contributed by atoms with Crippen LogP contribution in [0.2, 0.25) is 0 Å². The number of hydrogen-bond acceptors (Lipinski definition) is 0. The molecule has 1 aromatic rings. The van der Waals surface area contributed by atoms with Crippen LogP contribution in [0.3, 0.4) is 0 Å². The lowest BCUT2D eigenvalue weighted by molar-refractivity contribution is 0.604. The Hall–Kier alpha value is -0.0100. The van der Waals surface area contributed by atoms with Crippen LogP contribution in [0.5, 0.6) is 0 Å². The highest BCUT2D eigenvalue weighted by atomic mass is 79.9. The smallest absolute Gasteiger partial charge is 0.0401 e. The Kier molecular flexibility index (Phi) is 4.97. The molecule has 14 heavy (non-hydrogen) atoms. The van der Waals surface area contributed by atoms with Gasteiger partial charge in [-0.3, -0.25) is 0 Å². The van der Waals surface area contributed by atoms with Gasteiger partial charge in [0.15, 0.2) is 0 Å². The number of hydrogen-bond donors (Lipinski definition) is 0. The van der Waals surface area contributed by atoms with E-state index in [2.05, 4.69) is 48.0 Å². The van der Waals surface area contributed by atoms with E-state index >= 15 is 0 Å². The molecule has 0 fully saturated rings. The fourth-order valence-electron chi connectivity index (χ4n) is 1.72. The summed E-state index contributed by atoms with van der Waals surface area (Å²) in [4.78, 5) is 0. The molecule has 2 unspecified atom stereocenters. The lowest BCUT2D eigenvalue weighted by Crippen LogP contribution is -2.11. The second kappa shape index (κ2) is 5.77. The van der Waals surface area contributed by atoms with Crippen molar-refractivity contribution in [3.8, 4) is 0 Å². The average Bonchev–Trinajstić information content (AvgIpc) is 2.19. The zero-order valence-electron chi connectivity index (χ0n) is 8.63. The van der Waals surface area contributed by atoms with E-state index in [0.717, 1.165) is 17.3 Å². The summed E-state index contributed by atoms with van der Waals surface area (Å²) in [5, 5.41) is 0.245. The van der Waals surface area contributed by atoms with Crippen molar-refractivity contribution in [3.63, 3.8) is 0 Å². The summed E-state index contributed by atoms with van der Waals surface area (Å²) in [6.45, 7) is 4.33. The minimum Gasteiger partial charge on any atom is -0.122 e. The van der Waals surface area contributed by atoms with E-state index in [1.54, 1.807) is 0 Å². The van der Waals surface area contributed by atoms with Crippen LogP contribution in [0.25, 0.3) is 0 Å². The van der Waals surface area contributed by atoms with Gasteiger partial charge in [0, 0.05) is 15.8 Å². The molecule has 0 aliphatic carbocycles.